The van der Waals surface area contributed by atoms with Gasteiger partial charge in [-0.05, 0) is 39.3 Å². The monoisotopic (exact) mass is 413 g/mol. The van der Waals surface area contributed by atoms with Gasteiger partial charge in [-0.3, -0.25) is 18.8 Å². The standard InChI is InChI=1S/C21H27N5O2S/c1-12(11-26-16(5)14(3)15(4)23-26)20(27)24-7-6-18-22-19-17(10-13(2)29-19)21(28)25(18)9-8-24/h10,12H,6-9,11H2,1-5H3. The van der Waals surface area contributed by atoms with Gasteiger partial charge in [-0.15, -0.1) is 11.3 Å². The van der Waals surface area contributed by atoms with Crippen molar-refractivity contribution in [2.75, 3.05) is 13.1 Å². The molecule has 4 heterocycles. The van der Waals surface area contributed by atoms with E-state index in [0.29, 0.717) is 38.0 Å². The van der Waals surface area contributed by atoms with E-state index in [1.54, 1.807) is 15.9 Å². The molecule has 0 fully saturated rings. The lowest BCUT2D eigenvalue weighted by atomic mass is 10.1. The van der Waals surface area contributed by atoms with E-state index in [1.807, 2.05) is 43.3 Å². The summed E-state index contributed by atoms with van der Waals surface area (Å²) in [7, 11) is 0. The van der Waals surface area contributed by atoms with Crippen LogP contribution >= 0.6 is 11.3 Å². The third-order valence-corrected chi connectivity index (χ3v) is 6.92. The first-order valence-corrected chi connectivity index (χ1v) is 10.9. The molecule has 0 aromatic carbocycles. The van der Waals surface area contributed by atoms with Crippen LogP contribution in [0.4, 0.5) is 0 Å². The highest BCUT2D eigenvalue weighted by atomic mass is 32.1. The zero-order valence-corrected chi connectivity index (χ0v) is 18.5. The molecular weight excluding hydrogens is 386 g/mol. The molecule has 154 valence electrons. The molecular formula is C21H27N5O2S. The van der Waals surface area contributed by atoms with E-state index in [1.165, 1.54) is 5.56 Å². The number of hydrogen-bond acceptors (Lipinski definition) is 5. The number of aromatic nitrogens is 4. The van der Waals surface area contributed by atoms with Gasteiger partial charge in [-0.2, -0.15) is 5.10 Å². The number of fused-ring (bicyclic) bond motifs is 2. The summed E-state index contributed by atoms with van der Waals surface area (Å²) in [5.74, 6) is 0.708. The van der Waals surface area contributed by atoms with Gasteiger partial charge < -0.3 is 4.90 Å². The van der Waals surface area contributed by atoms with Crippen molar-refractivity contribution in [2.24, 2.45) is 5.92 Å². The molecule has 0 radical (unpaired) electrons. The van der Waals surface area contributed by atoms with E-state index < -0.39 is 0 Å². The maximum atomic E-state index is 13.1. The van der Waals surface area contributed by atoms with Crippen LogP contribution in [0, 0.1) is 33.6 Å². The van der Waals surface area contributed by atoms with Gasteiger partial charge in [0.1, 0.15) is 10.7 Å². The number of carbonyl (C=O) groups is 1. The Balaban J connectivity index is 1.51. The molecule has 1 unspecified atom stereocenters. The van der Waals surface area contributed by atoms with Gasteiger partial charge in [0.25, 0.3) is 5.56 Å². The predicted octanol–water partition coefficient (Wildman–Crippen LogP) is 2.61. The number of aryl methyl sites for hydroxylation is 2. The normalized spacial score (nSPS) is 15.4. The van der Waals surface area contributed by atoms with Gasteiger partial charge in [0.05, 0.1) is 23.5 Å². The Morgan fingerprint density at radius 3 is 2.66 bits per heavy atom. The van der Waals surface area contributed by atoms with Gasteiger partial charge in [-0.25, -0.2) is 4.98 Å². The molecule has 1 aliphatic heterocycles. The van der Waals surface area contributed by atoms with Crippen LogP contribution in [0.5, 0.6) is 0 Å². The van der Waals surface area contributed by atoms with Crippen LogP contribution in [0.2, 0.25) is 0 Å². The molecule has 4 rings (SSSR count). The van der Waals surface area contributed by atoms with Crippen molar-refractivity contribution < 1.29 is 4.79 Å². The lowest BCUT2D eigenvalue weighted by Gasteiger charge is -2.24. The second-order valence-corrected chi connectivity index (χ2v) is 9.25. The van der Waals surface area contributed by atoms with Gasteiger partial charge in [0.15, 0.2) is 0 Å². The second kappa shape index (κ2) is 7.40. The number of hydrogen-bond donors (Lipinski definition) is 0. The smallest absolute Gasteiger partial charge is 0.262 e. The van der Waals surface area contributed by atoms with Crippen LogP contribution < -0.4 is 5.56 Å². The number of carbonyl (C=O) groups excluding carboxylic acids is 1. The van der Waals surface area contributed by atoms with Crippen molar-refractivity contribution in [1.82, 2.24) is 24.2 Å². The van der Waals surface area contributed by atoms with Crippen molar-refractivity contribution >= 4 is 27.5 Å². The van der Waals surface area contributed by atoms with E-state index >= 15 is 0 Å². The fourth-order valence-electron chi connectivity index (χ4n) is 4.00. The minimum absolute atomic E-state index is 0.00909. The SMILES string of the molecule is Cc1cc2c(=O)n3c(nc2s1)CCN(C(=O)C(C)Cn1nc(C)c(C)c1C)CC3. The highest BCUT2D eigenvalue weighted by Crippen LogP contribution is 2.22. The van der Waals surface area contributed by atoms with Crippen LogP contribution in [-0.4, -0.2) is 43.2 Å². The van der Waals surface area contributed by atoms with Crippen LogP contribution in [0.15, 0.2) is 10.9 Å². The summed E-state index contributed by atoms with van der Waals surface area (Å²) in [5, 5.41) is 5.25. The third-order valence-electron chi connectivity index (χ3n) is 5.98. The van der Waals surface area contributed by atoms with Crippen LogP contribution in [0.3, 0.4) is 0 Å². The van der Waals surface area contributed by atoms with E-state index in [-0.39, 0.29) is 17.4 Å². The summed E-state index contributed by atoms with van der Waals surface area (Å²) in [6, 6.07) is 1.91. The molecule has 1 aliphatic rings. The first-order chi connectivity index (χ1) is 13.8. The Morgan fingerprint density at radius 1 is 1.21 bits per heavy atom. The lowest BCUT2D eigenvalue weighted by Crippen LogP contribution is -2.39. The third kappa shape index (κ3) is 3.50. The van der Waals surface area contributed by atoms with E-state index in [0.717, 1.165) is 26.9 Å². The molecule has 8 heteroatoms. The van der Waals surface area contributed by atoms with Gasteiger partial charge in [0.2, 0.25) is 5.91 Å². The topological polar surface area (TPSA) is 73.0 Å². The molecule has 0 spiro atoms. The maximum absolute atomic E-state index is 13.1. The number of rotatable bonds is 3. The highest BCUT2D eigenvalue weighted by Gasteiger charge is 2.25. The minimum Gasteiger partial charge on any atom is -0.340 e. The lowest BCUT2D eigenvalue weighted by molar-refractivity contribution is -0.135. The number of thiophene rings is 1. The number of nitrogens with zero attached hydrogens (tertiary/aromatic N) is 5. The van der Waals surface area contributed by atoms with Crippen molar-refractivity contribution in [2.45, 2.75) is 54.1 Å². The molecule has 1 atom stereocenters. The number of amides is 1. The van der Waals surface area contributed by atoms with Gasteiger partial charge in [-0.1, -0.05) is 6.92 Å². The summed E-state index contributed by atoms with van der Waals surface area (Å²) >= 11 is 1.55. The minimum atomic E-state index is -0.176. The van der Waals surface area contributed by atoms with Gasteiger partial charge >= 0.3 is 0 Å². The van der Waals surface area contributed by atoms with Crippen molar-refractivity contribution in [3.63, 3.8) is 0 Å². The summed E-state index contributed by atoms with van der Waals surface area (Å²) in [4.78, 5) is 34.5. The molecule has 0 saturated heterocycles. The Kier molecular flexibility index (Phi) is 5.06. The largest absolute Gasteiger partial charge is 0.340 e. The average Bonchev–Trinajstić information content (AvgIpc) is 3.06. The maximum Gasteiger partial charge on any atom is 0.262 e. The first-order valence-electron chi connectivity index (χ1n) is 10.1. The van der Waals surface area contributed by atoms with Crippen molar-refractivity contribution in [3.8, 4) is 0 Å². The van der Waals surface area contributed by atoms with Gasteiger partial charge in [0, 0.05) is 36.6 Å². The van der Waals surface area contributed by atoms with Crippen LogP contribution in [-0.2, 0) is 24.3 Å². The summed E-state index contributed by atoms with van der Waals surface area (Å²) < 4.78 is 3.68. The molecule has 0 saturated carbocycles. The summed E-state index contributed by atoms with van der Waals surface area (Å²) in [6.07, 6.45) is 0.597. The molecule has 3 aromatic rings. The summed E-state index contributed by atoms with van der Waals surface area (Å²) in [6.45, 7) is 12.2. The Morgan fingerprint density at radius 2 is 1.97 bits per heavy atom. The molecule has 1 amide bonds. The summed E-state index contributed by atoms with van der Waals surface area (Å²) in [5.41, 5.74) is 3.30. The van der Waals surface area contributed by atoms with Crippen molar-refractivity contribution in [3.05, 3.63) is 44.1 Å². The first kappa shape index (κ1) is 19.8. The zero-order valence-electron chi connectivity index (χ0n) is 17.7. The fraction of sp³-hybridized carbons (Fsp3) is 0.524. The molecule has 7 nitrogen and oxygen atoms in total. The van der Waals surface area contributed by atoms with Crippen LogP contribution in [0.25, 0.3) is 10.2 Å². The van der Waals surface area contributed by atoms with E-state index in [2.05, 4.69) is 12.0 Å². The Bertz CT molecular complexity index is 1160. The predicted molar refractivity (Wildman–Crippen MR) is 115 cm³/mol. The molecule has 0 bridgehead atoms. The molecule has 0 aliphatic carbocycles. The van der Waals surface area contributed by atoms with Crippen LogP contribution in [0.1, 0.15) is 34.6 Å². The fourth-order valence-corrected chi connectivity index (χ4v) is 4.89. The van der Waals surface area contributed by atoms with E-state index in [4.69, 9.17) is 4.98 Å². The average molecular weight is 414 g/mol. The van der Waals surface area contributed by atoms with Crippen molar-refractivity contribution in [1.29, 1.82) is 0 Å². The quantitative estimate of drug-likeness (QED) is 0.662. The Hall–Kier alpha value is -2.48. The molecule has 0 N–H and O–H groups in total. The molecule has 29 heavy (non-hydrogen) atoms. The zero-order chi connectivity index (χ0) is 20.9. The molecule has 3 aromatic heterocycles. The highest BCUT2D eigenvalue weighted by molar-refractivity contribution is 7.18. The second-order valence-electron chi connectivity index (χ2n) is 8.01. The Labute approximate surface area is 174 Å². The van der Waals surface area contributed by atoms with E-state index in [9.17, 15) is 9.59 Å².